The van der Waals surface area contributed by atoms with E-state index in [1.807, 2.05) is 26.8 Å². The van der Waals surface area contributed by atoms with Crippen molar-refractivity contribution >= 4 is 0 Å². The Labute approximate surface area is 127 Å². The predicted octanol–water partition coefficient (Wildman–Crippen LogP) is 2.72. The van der Waals surface area contributed by atoms with Gasteiger partial charge < -0.3 is 15.2 Å². The van der Waals surface area contributed by atoms with Crippen LogP contribution in [0.1, 0.15) is 45.2 Å². The second-order valence-corrected chi connectivity index (χ2v) is 6.15. The zero-order valence-electron chi connectivity index (χ0n) is 13.3. The highest BCUT2D eigenvalue weighted by Gasteiger charge is 2.24. The van der Waals surface area contributed by atoms with E-state index in [1.54, 1.807) is 0 Å². The zero-order chi connectivity index (χ0) is 15.2. The van der Waals surface area contributed by atoms with Crippen molar-refractivity contribution < 1.29 is 9.47 Å². The standard InChI is InChI=1S/C16H27N3O2/c1-11(2)21-15-8-12(3)18-16(19-15)20-10-14-7-5-4-6-13(14)9-17/h8,11,13-14H,4-7,9-10,17H2,1-3H3. The van der Waals surface area contributed by atoms with Crippen molar-refractivity contribution in [3.8, 4) is 11.9 Å². The molecule has 21 heavy (non-hydrogen) atoms. The monoisotopic (exact) mass is 293 g/mol. The molecule has 0 bridgehead atoms. The summed E-state index contributed by atoms with van der Waals surface area (Å²) in [4.78, 5) is 8.65. The van der Waals surface area contributed by atoms with Crippen LogP contribution in [0.2, 0.25) is 0 Å². The van der Waals surface area contributed by atoms with Crippen LogP contribution in [-0.4, -0.2) is 29.2 Å². The quantitative estimate of drug-likeness (QED) is 0.873. The minimum absolute atomic E-state index is 0.0899. The molecule has 1 aromatic rings. The Bertz CT molecular complexity index is 451. The van der Waals surface area contributed by atoms with Crippen LogP contribution in [0.15, 0.2) is 6.07 Å². The lowest BCUT2D eigenvalue weighted by Crippen LogP contribution is -2.31. The first-order chi connectivity index (χ1) is 10.1. The fourth-order valence-corrected chi connectivity index (χ4v) is 2.88. The molecule has 2 atom stereocenters. The van der Waals surface area contributed by atoms with Gasteiger partial charge in [-0.05, 0) is 52.0 Å². The zero-order valence-corrected chi connectivity index (χ0v) is 13.3. The van der Waals surface area contributed by atoms with Crippen LogP contribution < -0.4 is 15.2 Å². The summed E-state index contributed by atoms with van der Waals surface area (Å²) >= 11 is 0. The van der Waals surface area contributed by atoms with Gasteiger partial charge in [-0.2, -0.15) is 4.98 Å². The molecular formula is C16H27N3O2. The predicted molar refractivity (Wildman–Crippen MR) is 82.5 cm³/mol. The SMILES string of the molecule is Cc1cc(OC(C)C)nc(OCC2CCCCC2CN)n1. The van der Waals surface area contributed by atoms with Gasteiger partial charge in [0, 0.05) is 11.8 Å². The minimum Gasteiger partial charge on any atom is -0.475 e. The van der Waals surface area contributed by atoms with Crippen molar-refractivity contribution in [2.24, 2.45) is 17.6 Å². The van der Waals surface area contributed by atoms with Gasteiger partial charge >= 0.3 is 6.01 Å². The van der Waals surface area contributed by atoms with Gasteiger partial charge in [0.25, 0.3) is 0 Å². The maximum absolute atomic E-state index is 5.86. The molecule has 1 aliphatic carbocycles. The molecule has 0 aliphatic heterocycles. The third kappa shape index (κ3) is 4.84. The molecule has 0 amide bonds. The van der Waals surface area contributed by atoms with E-state index in [4.69, 9.17) is 15.2 Å². The van der Waals surface area contributed by atoms with E-state index in [0.29, 0.717) is 30.3 Å². The smallest absolute Gasteiger partial charge is 0.319 e. The Balaban J connectivity index is 1.97. The first-order valence-corrected chi connectivity index (χ1v) is 7.93. The maximum Gasteiger partial charge on any atom is 0.319 e. The van der Waals surface area contributed by atoms with Gasteiger partial charge in [-0.3, -0.25) is 0 Å². The highest BCUT2D eigenvalue weighted by Crippen LogP contribution is 2.29. The molecular weight excluding hydrogens is 266 g/mol. The summed E-state index contributed by atoms with van der Waals surface area (Å²) in [6, 6.07) is 2.24. The van der Waals surface area contributed by atoms with Crippen molar-refractivity contribution in [1.82, 2.24) is 9.97 Å². The van der Waals surface area contributed by atoms with E-state index >= 15 is 0 Å². The third-order valence-corrected chi connectivity index (χ3v) is 3.96. The van der Waals surface area contributed by atoms with Crippen molar-refractivity contribution in [2.75, 3.05) is 13.2 Å². The molecule has 0 saturated heterocycles. The van der Waals surface area contributed by atoms with Crippen molar-refractivity contribution in [2.45, 2.75) is 52.6 Å². The highest BCUT2D eigenvalue weighted by molar-refractivity contribution is 5.17. The molecule has 0 aromatic carbocycles. The molecule has 2 unspecified atom stereocenters. The average molecular weight is 293 g/mol. The van der Waals surface area contributed by atoms with Crippen molar-refractivity contribution in [3.63, 3.8) is 0 Å². The van der Waals surface area contributed by atoms with Crippen molar-refractivity contribution in [3.05, 3.63) is 11.8 Å². The fraction of sp³-hybridized carbons (Fsp3) is 0.750. The number of nitrogens with zero attached hydrogens (tertiary/aromatic N) is 2. The van der Waals surface area contributed by atoms with Crippen LogP contribution in [0.3, 0.4) is 0 Å². The average Bonchev–Trinajstić information content (AvgIpc) is 2.44. The fourth-order valence-electron chi connectivity index (χ4n) is 2.88. The highest BCUT2D eigenvalue weighted by atomic mass is 16.5. The third-order valence-electron chi connectivity index (χ3n) is 3.96. The lowest BCUT2D eigenvalue weighted by molar-refractivity contribution is 0.143. The number of hydrogen-bond acceptors (Lipinski definition) is 5. The van der Waals surface area contributed by atoms with E-state index in [-0.39, 0.29) is 6.10 Å². The van der Waals surface area contributed by atoms with Gasteiger partial charge in [-0.1, -0.05) is 12.8 Å². The number of hydrogen-bond donors (Lipinski definition) is 1. The Morgan fingerprint density at radius 2 is 1.95 bits per heavy atom. The molecule has 0 spiro atoms. The van der Waals surface area contributed by atoms with Crippen molar-refractivity contribution in [1.29, 1.82) is 0 Å². The number of rotatable bonds is 6. The summed E-state index contributed by atoms with van der Waals surface area (Å²) in [6.45, 7) is 7.26. The Morgan fingerprint density at radius 1 is 1.24 bits per heavy atom. The maximum atomic E-state index is 5.86. The summed E-state index contributed by atoms with van der Waals surface area (Å²) in [6.07, 6.45) is 5.03. The summed E-state index contributed by atoms with van der Waals surface area (Å²) in [5, 5.41) is 0. The number of aryl methyl sites for hydroxylation is 1. The topological polar surface area (TPSA) is 70.3 Å². The normalized spacial score (nSPS) is 22.3. The molecule has 5 heteroatoms. The molecule has 2 N–H and O–H groups in total. The second kappa shape index (κ2) is 7.59. The Hall–Kier alpha value is -1.36. The van der Waals surface area contributed by atoms with Gasteiger partial charge in [0.05, 0.1) is 12.7 Å². The van der Waals surface area contributed by atoms with E-state index in [2.05, 4.69) is 9.97 Å². The summed E-state index contributed by atoms with van der Waals surface area (Å²) in [7, 11) is 0. The molecule has 1 saturated carbocycles. The van der Waals surface area contributed by atoms with Gasteiger partial charge in [-0.25, -0.2) is 4.98 Å². The Kier molecular flexibility index (Phi) is 5.79. The van der Waals surface area contributed by atoms with Crippen LogP contribution in [0, 0.1) is 18.8 Å². The van der Waals surface area contributed by atoms with Crippen LogP contribution in [-0.2, 0) is 0 Å². The Morgan fingerprint density at radius 3 is 2.62 bits per heavy atom. The molecule has 1 fully saturated rings. The summed E-state index contributed by atoms with van der Waals surface area (Å²) in [5.74, 6) is 1.66. The molecule has 1 aliphatic rings. The lowest BCUT2D eigenvalue weighted by atomic mass is 9.80. The minimum atomic E-state index is 0.0899. The number of nitrogens with two attached hydrogens (primary N) is 1. The summed E-state index contributed by atoms with van der Waals surface area (Å²) < 4.78 is 11.4. The van der Waals surface area contributed by atoms with E-state index < -0.39 is 0 Å². The van der Waals surface area contributed by atoms with Crippen LogP contribution in [0.25, 0.3) is 0 Å². The molecule has 0 radical (unpaired) electrons. The molecule has 1 aromatic heterocycles. The largest absolute Gasteiger partial charge is 0.475 e. The van der Waals surface area contributed by atoms with Crippen LogP contribution >= 0.6 is 0 Å². The summed E-state index contributed by atoms with van der Waals surface area (Å²) in [5.41, 5.74) is 6.72. The first kappa shape index (κ1) is 16.0. The number of ether oxygens (including phenoxy) is 2. The number of aromatic nitrogens is 2. The van der Waals surface area contributed by atoms with E-state index in [9.17, 15) is 0 Å². The second-order valence-electron chi connectivity index (χ2n) is 6.15. The van der Waals surface area contributed by atoms with Gasteiger partial charge in [0.1, 0.15) is 0 Å². The van der Waals surface area contributed by atoms with E-state index in [1.165, 1.54) is 25.7 Å². The lowest BCUT2D eigenvalue weighted by Gasteiger charge is -2.30. The first-order valence-electron chi connectivity index (χ1n) is 7.93. The molecule has 118 valence electrons. The van der Waals surface area contributed by atoms with E-state index in [0.717, 1.165) is 12.2 Å². The van der Waals surface area contributed by atoms with Crippen LogP contribution in [0.4, 0.5) is 0 Å². The molecule has 2 rings (SSSR count). The van der Waals surface area contributed by atoms with Gasteiger partial charge in [0.2, 0.25) is 5.88 Å². The van der Waals surface area contributed by atoms with Crippen LogP contribution in [0.5, 0.6) is 11.9 Å². The van der Waals surface area contributed by atoms with Gasteiger partial charge in [0.15, 0.2) is 0 Å². The molecule has 5 nitrogen and oxygen atoms in total. The molecule has 1 heterocycles. The van der Waals surface area contributed by atoms with Gasteiger partial charge in [-0.15, -0.1) is 0 Å².